The minimum atomic E-state index is -3.47. The summed E-state index contributed by atoms with van der Waals surface area (Å²) in [5, 5.41) is 8.58. The summed E-state index contributed by atoms with van der Waals surface area (Å²) in [7, 11) is -3.47. The van der Waals surface area contributed by atoms with Crippen LogP contribution in [-0.2, 0) is 21.2 Å². The van der Waals surface area contributed by atoms with Crippen molar-refractivity contribution in [3.63, 3.8) is 0 Å². The van der Waals surface area contributed by atoms with E-state index in [9.17, 15) is 13.2 Å². The zero-order valence-corrected chi connectivity index (χ0v) is 10.3. The fourth-order valence-electron chi connectivity index (χ4n) is 1.28. The van der Waals surface area contributed by atoms with Gasteiger partial charge < -0.3 is 5.11 Å². The number of sulfonamides is 1. The van der Waals surface area contributed by atoms with Crippen molar-refractivity contribution >= 4 is 16.0 Å². The van der Waals surface area contributed by atoms with E-state index in [1.807, 2.05) is 6.92 Å². The van der Waals surface area contributed by atoms with Crippen LogP contribution in [0.3, 0.4) is 0 Å². The second-order valence-corrected chi connectivity index (χ2v) is 5.38. The van der Waals surface area contributed by atoms with Gasteiger partial charge in [-0.15, -0.1) is 0 Å². The fourth-order valence-corrected chi connectivity index (χ4v) is 2.41. The van der Waals surface area contributed by atoms with Crippen molar-refractivity contribution in [3.8, 4) is 0 Å². The van der Waals surface area contributed by atoms with E-state index in [4.69, 9.17) is 5.11 Å². The van der Waals surface area contributed by atoms with E-state index < -0.39 is 16.0 Å². The van der Waals surface area contributed by atoms with Gasteiger partial charge in [0.1, 0.15) is 0 Å². The fraction of sp³-hybridized carbons (Fsp3) is 0.364. The number of aliphatic carboxylic acids is 1. The summed E-state index contributed by atoms with van der Waals surface area (Å²) in [4.78, 5) is 10.6. The first-order valence-electron chi connectivity index (χ1n) is 5.26. The molecular weight excluding hydrogens is 242 g/mol. The van der Waals surface area contributed by atoms with Crippen molar-refractivity contribution < 1.29 is 18.3 Å². The molecule has 0 saturated heterocycles. The quantitative estimate of drug-likeness (QED) is 0.796. The summed E-state index contributed by atoms with van der Waals surface area (Å²) in [6, 6.07) is 5.84. The lowest BCUT2D eigenvalue weighted by molar-refractivity contribution is -0.136. The molecule has 0 unspecified atom stereocenters. The van der Waals surface area contributed by atoms with E-state index in [1.54, 1.807) is 0 Å². The summed E-state index contributed by atoms with van der Waals surface area (Å²) in [5.74, 6) is -0.940. The maximum atomic E-state index is 11.7. The maximum Gasteiger partial charge on any atom is 0.307 e. The van der Waals surface area contributed by atoms with Crippen molar-refractivity contribution in [1.82, 2.24) is 4.72 Å². The average Bonchev–Trinajstić information content (AvgIpc) is 2.26. The predicted octanol–water partition coefficient (Wildman–Crippen LogP) is 1.00. The summed E-state index contributed by atoms with van der Waals surface area (Å²) in [6.07, 6.45) is 0.610. The Morgan fingerprint density at radius 2 is 1.88 bits per heavy atom. The molecule has 2 N–H and O–H groups in total. The lowest BCUT2D eigenvalue weighted by Crippen LogP contribution is -2.24. The molecule has 94 valence electrons. The molecule has 0 heterocycles. The Kier molecular flexibility index (Phi) is 4.65. The molecule has 0 aliphatic heterocycles. The van der Waals surface area contributed by atoms with Crippen molar-refractivity contribution in [2.24, 2.45) is 0 Å². The molecule has 0 spiro atoms. The molecule has 1 aromatic rings. The van der Waals surface area contributed by atoms with E-state index in [0.717, 1.165) is 6.42 Å². The lowest BCUT2D eigenvalue weighted by atomic mass is 10.2. The molecule has 0 bridgehead atoms. The van der Waals surface area contributed by atoms with E-state index >= 15 is 0 Å². The van der Waals surface area contributed by atoms with Crippen LogP contribution >= 0.6 is 0 Å². The smallest absolute Gasteiger partial charge is 0.307 e. The van der Waals surface area contributed by atoms with Crippen molar-refractivity contribution in [2.45, 2.75) is 24.7 Å². The zero-order chi connectivity index (χ0) is 12.9. The Balaban J connectivity index is 2.83. The molecule has 0 amide bonds. The van der Waals surface area contributed by atoms with Crippen molar-refractivity contribution in [3.05, 3.63) is 29.8 Å². The van der Waals surface area contributed by atoms with E-state index in [1.165, 1.54) is 24.3 Å². The van der Waals surface area contributed by atoms with Crippen molar-refractivity contribution in [1.29, 1.82) is 0 Å². The molecule has 0 aromatic heterocycles. The van der Waals surface area contributed by atoms with E-state index in [0.29, 0.717) is 12.1 Å². The van der Waals surface area contributed by atoms with Crippen LogP contribution in [0.4, 0.5) is 0 Å². The highest BCUT2D eigenvalue weighted by Crippen LogP contribution is 2.10. The minimum absolute atomic E-state index is 0.108. The Labute approximate surface area is 101 Å². The molecule has 0 atom stereocenters. The number of rotatable bonds is 6. The van der Waals surface area contributed by atoms with Crippen LogP contribution in [0.15, 0.2) is 29.2 Å². The molecule has 0 fully saturated rings. The third-order valence-corrected chi connectivity index (χ3v) is 3.61. The molecule has 17 heavy (non-hydrogen) atoms. The molecule has 1 rings (SSSR count). The maximum absolute atomic E-state index is 11.7. The van der Waals surface area contributed by atoms with Gasteiger partial charge >= 0.3 is 5.97 Å². The number of benzene rings is 1. The van der Waals surface area contributed by atoms with E-state index in [-0.39, 0.29) is 11.3 Å². The summed E-state index contributed by atoms with van der Waals surface area (Å²) >= 11 is 0. The zero-order valence-electron chi connectivity index (χ0n) is 9.51. The second-order valence-electron chi connectivity index (χ2n) is 3.61. The normalized spacial score (nSPS) is 11.4. The molecule has 1 aromatic carbocycles. The summed E-state index contributed by atoms with van der Waals surface area (Å²) in [6.45, 7) is 2.26. The highest BCUT2D eigenvalue weighted by molar-refractivity contribution is 7.89. The van der Waals surface area contributed by atoms with Crippen LogP contribution in [0.5, 0.6) is 0 Å². The van der Waals surface area contributed by atoms with Crippen LogP contribution in [0, 0.1) is 0 Å². The first kappa shape index (κ1) is 13.7. The Morgan fingerprint density at radius 1 is 1.29 bits per heavy atom. The van der Waals surface area contributed by atoms with Gasteiger partial charge in [-0.05, 0) is 24.1 Å². The predicted molar refractivity (Wildman–Crippen MR) is 63.3 cm³/mol. The van der Waals surface area contributed by atoms with Gasteiger partial charge in [0.15, 0.2) is 0 Å². The Hall–Kier alpha value is -1.40. The van der Waals surface area contributed by atoms with Crippen LogP contribution in [0.2, 0.25) is 0 Å². The first-order valence-corrected chi connectivity index (χ1v) is 6.74. The number of hydrogen-bond acceptors (Lipinski definition) is 3. The number of carbonyl (C=O) groups is 1. The van der Waals surface area contributed by atoms with Crippen LogP contribution in [0.25, 0.3) is 0 Å². The van der Waals surface area contributed by atoms with Crippen LogP contribution in [-0.4, -0.2) is 26.0 Å². The average molecular weight is 257 g/mol. The molecule has 0 radical (unpaired) electrons. The highest BCUT2D eigenvalue weighted by Gasteiger charge is 2.12. The van der Waals surface area contributed by atoms with Gasteiger partial charge in [0, 0.05) is 6.54 Å². The molecule has 0 saturated carbocycles. The van der Waals surface area contributed by atoms with Gasteiger partial charge in [0.2, 0.25) is 10.0 Å². The van der Waals surface area contributed by atoms with Gasteiger partial charge in [-0.25, -0.2) is 13.1 Å². The molecular formula is C11H15NO4S. The van der Waals surface area contributed by atoms with Crippen LogP contribution < -0.4 is 4.72 Å². The molecule has 6 heteroatoms. The largest absolute Gasteiger partial charge is 0.481 e. The minimum Gasteiger partial charge on any atom is -0.481 e. The van der Waals surface area contributed by atoms with Gasteiger partial charge in [-0.1, -0.05) is 19.1 Å². The van der Waals surface area contributed by atoms with Gasteiger partial charge in [-0.2, -0.15) is 0 Å². The van der Waals surface area contributed by atoms with Crippen LogP contribution in [0.1, 0.15) is 18.9 Å². The Morgan fingerprint density at radius 3 is 2.35 bits per heavy atom. The molecule has 0 aliphatic carbocycles. The third-order valence-electron chi connectivity index (χ3n) is 2.13. The third kappa shape index (κ3) is 4.16. The highest BCUT2D eigenvalue weighted by atomic mass is 32.2. The van der Waals surface area contributed by atoms with Gasteiger partial charge in [-0.3, -0.25) is 4.79 Å². The number of hydrogen-bond donors (Lipinski definition) is 2. The SMILES string of the molecule is CCCNS(=O)(=O)c1ccc(CC(=O)O)cc1. The standard InChI is InChI=1S/C11H15NO4S/c1-2-7-12-17(15,16)10-5-3-9(4-6-10)8-11(13)14/h3-6,12H,2,7-8H2,1H3,(H,13,14). The lowest BCUT2D eigenvalue weighted by Gasteiger charge is -2.05. The topological polar surface area (TPSA) is 83.5 Å². The number of nitrogens with one attached hydrogen (secondary N) is 1. The van der Waals surface area contributed by atoms with Gasteiger partial charge in [0.25, 0.3) is 0 Å². The van der Waals surface area contributed by atoms with Crippen molar-refractivity contribution in [2.75, 3.05) is 6.54 Å². The summed E-state index contributed by atoms with van der Waals surface area (Å²) in [5.41, 5.74) is 0.576. The summed E-state index contributed by atoms with van der Waals surface area (Å²) < 4.78 is 25.8. The van der Waals surface area contributed by atoms with E-state index in [2.05, 4.69) is 4.72 Å². The molecule has 5 nitrogen and oxygen atoms in total. The molecule has 0 aliphatic rings. The number of carboxylic acids is 1. The van der Waals surface area contributed by atoms with Gasteiger partial charge in [0.05, 0.1) is 11.3 Å². The monoisotopic (exact) mass is 257 g/mol. The second kappa shape index (κ2) is 5.79. The number of carboxylic acid groups (broad SMARTS) is 1. The first-order chi connectivity index (χ1) is 7.95. The Bertz CT molecular complexity index is 479.